The number of halogens is 2. The molecule has 36 heavy (non-hydrogen) atoms. The van der Waals surface area contributed by atoms with Crippen LogP contribution < -0.4 is 15.4 Å². The third-order valence-electron chi connectivity index (χ3n) is 6.19. The van der Waals surface area contributed by atoms with Gasteiger partial charge >= 0.3 is 0 Å². The molecule has 9 heteroatoms. The minimum Gasteiger partial charge on any atom is -0.490 e. The highest BCUT2D eigenvalue weighted by molar-refractivity contribution is 7.17. The highest BCUT2D eigenvalue weighted by atomic mass is 35.5. The summed E-state index contributed by atoms with van der Waals surface area (Å²) in [5.74, 6) is -0.135. The van der Waals surface area contributed by atoms with Gasteiger partial charge < -0.3 is 20.1 Å². The Labute approximate surface area is 228 Å². The number of aryl methyl sites for hydroxylation is 1. The van der Waals surface area contributed by atoms with Crippen LogP contribution in [0.2, 0.25) is 10.0 Å². The van der Waals surface area contributed by atoms with E-state index in [9.17, 15) is 9.59 Å². The molecule has 198 valence electrons. The van der Waals surface area contributed by atoms with Crippen LogP contribution in [0.3, 0.4) is 0 Å². The Morgan fingerprint density at radius 2 is 1.69 bits per heavy atom. The molecule has 1 aliphatic carbocycles. The molecule has 6 nitrogen and oxygen atoms in total. The standard InChI is InChI=1S/C27H36Cl2N2O4S/c1-3-4-5-6-9-15-35-24-20(28)16-18(17-21(24)29)25(32)31-27-23(26(33)30-13-10-14-34-2)19-11-7-8-12-22(19)36-27/h16-17H,3-15H2,1-2H3,(H,30,33)(H,31,32). The number of methoxy groups -OCH3 is 1. The highest BCUT2D eigenvalue weighted by Gasteiger charge is 2.27. The number of hydrogen-bond donors (Lipinski definition) is 2. The monoisotopic (exact) mass is 554 g/mol. The first-order chi connectivity index (χ1) is 17.5. The topological polar surface area (TPSA) is 76.7 Å². The maximum atomic E-state index is 13.2. The van der Waals surface area contributed by atoms with Crippen molar-refractivity contribution in [1.29, 1.82) is 0 Å². The SMILES string of the molecule is CCCCCCCOc1c(Cl)cc(C(=O)Nc2sc3c(c2C(=O)NCCCOC)CCCC3)cc1Cl. The summed E-state index contributed by atoms with van der Waals surface area (Å²) in [4.78, 5) is 27.4. The molecular formula is C27H36Cl2N2O4S. The number of fused-ring (bicyclic) bond motifs is 1. The first kappa shape index (κ1) is 28.8. The second-order valence-electron chi connectivity index (χ2n) is 9.00. The third-order valence-corrected chi connectivity index (χ3v) is 7.96. The van der Waals surface area contributed by atoms with Crippen molar-refractivity contribution in [3.63, 3.8) is 0 Å². The summed E-state index contributed by atoms with van der Waals surface area (Å²) in [6.45, 7) is 3.79. The van der Waals surface area contributed by atoms with E-state index in [4.69, 9.17) is 32.7 Å². The number of rotatable bonds is 14. The molecule has 0 aliphatic heterocycles. The molecule has 0 spiro atoms. The Kier molecular flexibility index (Phi) is 11.8. The van der Waals surface area contributed by atoms with Crippen LogP contribution in [0, 0.1) is 0 Å². The van der Waals surface area contributed by atoms with E-state index in [-0.39, 0.29) is 11.8 Å². The van der Waals surface area contributed by atoms with Crippen molar-refractivity contribution >= 4 is 51.4 Å². The van der Waals surface area contributed by atoms with E-state index >= 15 is 0 Å². The van der Waals surface area contributed by atoms with E-state index in [1.807, 2.05) is 0 Å². The Morgan fingerprint density at radius 1 is 0.972 bits per heavy atom. The molecule has 1 aromatic heterocycles. The Bertz CT molecular complexity index is 1020. The van der Waals surface area contributed by atoms with Gasteiger partial charge in [0.25, 0.3) is 11.8 Å². The van der Waals surface area contributed by atoms with Crippen molar-refractivity contribution in [3.8, 4) is 5.75 Å². The predicted octanol–water partition coefficient (Wildman–Crippen LogP) is 7.30. The van der Waals surface area contributed by atoms with E-state index in [1.165, 1.54) is 30.6 Å². The van der Waals surface area contributed by atoms with Gasteiger partial charge in [0.2, 0.25) is 0 Å². The minimum atomic E-state index is -0.364. The molecule has 1 heterocycles. The van der Waals surface area contributed by atoms with Crippen LogP contribution >= 0.6 is 34.5 Å². The third kappa shape index (κ3) is 7.85. The van der Waals surface area contributed by atoms with Gasteiger partial charge in [0, 0.05) is 30.7 Å². The summed E-state index contributed by atoms with van der Waals surface area (Å²) in [6.07, 6.45) is 10.2. The van der Waals surface area contributed by atoms with Crippen LogP contribution in [0.15, 0.2) is 12.1 Å². The van der Waals surface area contributed by atoms with Crippen LogP contribution in [0.25, 0.3) is 0 Å². The van der Waals surface area contributed by atoms with Gasteiger partial charge in [-0.1, -0.05) is 55.8 Å². The molecule has 0 saturated heterocycles. The summed E-state index contributed by atoms with van der Waals surface area (Å²) < 4.78 is 10.9. The summed E-state index contributed by atoms with van der Waals surface area (Å²) in [6, 6.07) is 3.13. The van der Waals surface area contributed by atoms with Crippen molar-refractivity contribution in [3.05, 3.63) is 43.7 Å². The maximum Gasteiger partial charge on any atom is 0.256 e. The normalized spacial score (nSPS) is 12.8. The summed E-state index contributed by atoms with van der Waals surface area (Å²) in [5, 5.41) is 7.06. The van der Waals surface area contributed by atoms with E-state index < -0.39 is 0 Å². The molecule has 1 aromatic carbocycles. The average molecular weight is 556 g/mol. The highest BCUT2D eigenvalue weighted by Crippen LogP contribution is 2.39. The zero-order valence-corrected chi connectivity index (χ0v) is 23.5. The number of amides is 2. The van der Waals surface area contributed by atoms with Crippen molar-refractivity contribution in [2.75, 3.05) is 32.2 Å². The minimum absolute atomic E-state index is 0.167. The van der Waals surface area contributed by atoms with Gasteiger partial charge in [-0.2, -0.15) is 0 Å². The Balaban J connectivity index is 1.71. The predicted molar refractivity (Wildman–Crippen MR) is 148 cm³/mol. The lowest BCUT2D eigenvalue weighted by molar-refractivity contribution is 0.0948. The lowest BCUT2D eigenvalue weighted by atomic mass is 9.95. The number of benzene rings is 1. The van der Waals surface area contributed by atoms with Gasteiger partial charge in [0.05, 0.1) is 22.2 Å². The number of thiophene rings is 1. The lowest BCUT2D eigenvalue weighted by Gasteiger charge is -2.14. The van der Waals surface area contributed by atoms with Crippen LogP contribution in [0.1, 0.15) is 89.4 Å². The summed E-state index contributed by atoms with van der Waals surface area (Å²) >= 11 is 14.3. The fourth-order valence-corrected chi connectivity index (χ4v) is 6.16. The Morgan fingerprint density at radius 3 is 2.42 bits per heavy atom. The van der Waals surface area contributed by atoms with Crippen molar-refractivity contribution in [2.24, 2.45) is 0 Å². The second kappa shape index (κ2) is 14.8. The lowest BCUT2D eigenvalue weighted by Crippen LogP contribution is -2.27. The Hall–Kier alpha value is -1.80. The molecule has 1 aliphatic rings. The van der Waals surface area contributed by atoms with Crippen LogP contribution in [-0.4, -0.2) is 38.7 Å². The van der Waals surface area contributed by atoms with Gasteiger partial charge in [-0.3, -0.25) is 9.59 Å². The molecule has 0 saturated carbocycles. The van der Waals surface area contributed by atoms with E-state index in [0.29, 0.717) is 51.7 Å². The summed E-state index contributed by atoms with van der Waals surface area (Å²) in [7, 11) is 1.64. The molecule has 0 atom stereocenters. The van der Waals surface area contributed by atoms with Gasteiger partial charge in [-0.25, -0.2) is 0 Å². The number of hydrogen-bond acceptors (Lipinski definition) is 5. The number of ether oxygens (including phenoxy) is 2. The number of anilines is 1. The maximum absolute atomic E-state index is 13.2. The molecule has 0 unspecified atom stereocenters. The van der Waals surface area contributed by atoms with Gasteiger partial charge in [-0.05, 0) is 56.2 Å². The molecular weight excluding hydrogens is 519 g/mol. The number of nitrogens with one attached hydrogen (secondary N) is 2. The van der Waals surface area contributed by atoms with Gasteiger partial charge in [0.15, 0.2) is 5.75 Å². The van der Waals surface area contributed by atoms with Crippen molar-refractivity contribution in [2.45, 2.75) is 71.1 Å². The van der Waals surface area contributed by atoms with Crippen LogP contribution in [-0.2, 0) is 17.6 Å². The molecule has 0 radical (unpaired) electrons. The van der Waals surface area contributed by atoms with E-state index in [1.54, 1.807) is 19.2 Å². The fourth-order valence-electron chi connectivity index (χ4n) is 4.28. The molecule has 3 rings (SSSR count). The van der Waals surface area contributed by atoms with Crippen LogP contribution in [0.4, 0.5) is 5.00 Å². The smallest absolute Gasteiger partial charge is 0.256 e. The van der Waals surface area contributed by atoms with Crippen molar-refractivity contribution < 1.29 is 19.1 Å². The molecule has 2 amide bonds. The molecule has 2 N–H and O–H groups in total. The first-order valence-corrected chi connectivity index (χ1v) is 14.4. The average Bonchev–Trinajstić information content (AvgIpc) is 3.22. The fraction of sp³-hybridized carbons (Fsp3) is 0.556. The zero-order chi connectivity index (χ0) is 25.9. The molecule has 2 aromatic rings. The number of carbonyl (C=O) groups is 2. The number of unbranched alkanes of at least 4 members (excludes halogenated alkanes) is 4. The second-order valence-corrected chi connectivity index (χ2v) is 10.9. The largest absolute Gasteiger partial charge is 0.490 e. The van der Waals surface area contributed by atoms with Crippen LogP contribution in [0.5, 0.6) is 5.75 Å². The first-order valence-electron chi connectivity index (χ1n) is 12.8. The number of carbonyl (C=O) groups excluding carboxylic acids is 2. The quantitative estimate of drug-likeness (QED) is 0.240. The summed E-state index contributed by atoms with van der Waals surface area (Å²) in [5.41, 5.74) is 1.93. The van der Waals surface area contributed by atoms with E-state index in [2.05, 4.69) is 17.6 Å². The molecule has 0 fully saturated rings. The zero-order valence-electron chi connectivity index (χ0n) is 21.1. The van der Waals surface area contributed by atoms with E-state index in [0.717, 1.165) is 55.4 Å². The van der Waals surface area contributed by atoms with Gasteiger partial charge in [0.1, 0.15) is 5.00 Å². The van der Waals surface area contributed by atoms with Crippen molar-refractivity contribution in [1.82, 2.24) is 5.32 Å². The van der Waals surface area contributed by atoms with Gasteiger partial charge in [-0.15, -0.1) is 11.3 Å². The molecule has 0 bridgehead atoms.